The summed E-state index contributed by atoms with van der Waals surface area (Å²) in [5.74, 6) is 0. The minimum Gasteiger partial charge on any atom is -0.275 e. The number of benzene rings is 4. The summed E-state index contributed by atoms with van der Waals surface area (Å²) in [6.07, 6.45) is 4.47. The molecule has 0 amide bonds. The summed E-state index contributed by atoms with van der Waals surface area (Å²) in [4.78, 5) is 0. The Balaban J connectivity index is 1.48. The zero-order chi connectivity index (χ0) is 21.1. The van der Waals surface area contributed by atoms with Gasteiger partial charge in [0.25, 0.3) is 0 Å². The van der Waals surface area contributed by atoms with Crippen LogP contribution < -0.4 is 10.4 Å². The van der Waals surface area contributed by atoms with Gasteiger partial charge in [0, 0.05) is 21.9 Å². The molecule has 1 N–H and O–H groups in total. The maximum absolute atomic E-state index is 5.14. The average molecular weight is 415 g/mol. The van der Waals surface area contributed by atoms with Crippen LogP contribution in [0, 0.1) is 0 Å². The highest BCUT2D eigenvalue weighted by atomic mass is 15.5. The number of aryl methyl sites for hydroxylation is 4. The molecule has 2 aliphatic carbocycles. The van der Waals surface area contributed by atoms with E-state index in [1.54, 1.807) is 0 Å². The van der Waals surface area contributed by atoms with Crippen molar-refractivity contribution in [2.45, 2.75) is 39.5 Å². The number of rotatable bonds is 1. The van der Waals surface area contributed by atoms with E-state index in [4.69, 9.17) is 5.10 Å². The minimum absolute atomic E-state index is 1.05. The first-order valence-electron chi connectivity index (χ1n) is 11.5. The Morgan fingerprint density at radius 1 is 0.656 bits per heavy atom. The Hall–Kier alpha value is -3.66. The number of hydrogen-bond acceptors (Lipinski definition) is 4. The molecule has 0 saturated heterocycles. The lowest BCUT2D eigenvalue weighted by Crippen LogP contribution is -2.20. The second-order valence-corrected chi connectivity index (χ2v) is 9.52. The van der Waals surface area contributed by atoms with Crippen molar-refractivity contribution in [3.8, 4) is 0 Å². The van der Waals surface area contributed by atoms with Crippen LogP contribution in [0.1, 0.15) is 47.2 Å². The van der Waals surface area contributed by atoms with Crippen molar-refractivity contribution in [1.29, 1.82) is 0 Å². The Kier molecular flexibility index (Phi) is 2.95. The molecule has 0 bridgehead atoms. The molecule has 32 heavy (non-hydrogen) atoms. The third-order valence-electron chi connectivity index (χ3n) is 7.89. The predicted octanol–water partition coefficient (Wildman–Crippen LogP) is 6.22. The fourth-order valence-corrected chi connectivity index (χ4v) is 6.40. The number of nitrogens with zero attached hydrogens (tertiary/aromatic N) is 3. The van der Waals surface area contributed by atoms with Gasteiger partial charge in [-0.2, -0.15) is 10.2 Å². The van der Waals surface area contributed by atoms with Crippen LogP contribution in [0.4, 0.5) is 17.1 Å². The van der Waals surface area contributed by atoms with E-state index in [9.17, 15) is 0 Å². The van der Waals surface area contributed by atoms with Crippen LogP contribution in [0.5, 0.6) is 0 Å². The summed E-state index contributed by atoms with van der Waals surface area (Å²) in [5, 5.41) is 17.5. The Morgan fingerprint density at radius 2 is 1.28 bits per heavy atom. The van der Waals surface area contributed by atoms with Crippen LogP contribution in [0.3, 0.4) is 0 Å². The van der Waals surface area contributed by atoms with Crippen molar-refractivity contribution in [1.82, 2.24) is 0 Å². The molecule has 0 spiro atoms. The van der Waals surface area contributed by atoms with Crippen molar-refractivity contribution in [2.24, 2.45) is 10.2 Å². The monoisotopic (exact) mass is 414 g/mol. The van der Waals surface area contributed by atoms with Crippen molar-refractivity contribution in [3.63, 3.8) is 0 Å². The van der Waals surface area contributed by atoms with Crippen molar-refractivity contribution in [2.75, 3.05) is 10.4 Å². The first-order chi connectivity index (χ1) is 15.7. The highest BCUT2D eigenvalue weighted by Crippen LogP contribution is 2.49. The average Bonchev–Trinajstić information content (AvgIpc) is 3.43. The molecule has 4 aliphatic rings. The molecule has 4 heteroatoms. The van der Waals surface area contributed by atoms with Gasteiger partial charge < -0.3 is 0 Å². The third-order valence-corrected chi connectivity index (χ3v) is 7.89. The summed E-state index contributed by atoms with van der Waals surface area (Å²) < 4.78 is 0. The lowest BCUT2D eigenvalue weighted by atomic mass is 9.92. The number of hydrazone groups is 2. The molecule has 0 saturated carbocycles. The van der Waals surface area contributed by atoms with Gasteiger partial charge >= 0.3 is 0 Å². The van der Waals surface area contributed by atoms with Crippen LogP contribution >= 0.6 is 0 Å². The molecule has 0 unspecified atom stereocenters. The largest absolute Gasteiger partial charge is 0.275 e. The van der Waals surface area contributed by atoms with Crippen LogP contribution in [0.15, 0.2) is 52.7 Å². The summed E-state index contributed by atoms with van der Waals surface area (Å²) in [5.41, 5.74) is 17.2. The van der Waals surface area contributed by atoms with Gasteiger partial charge in [0.2, 0.25) is 0 Å². The summed E-state index contributed by atoms with van der Waals surface area (Å²) in [6, 6.07) is 16.1. The molecule has 0 fully saturated rings. The van der Waals surface area contributed by atoms with Gasteiger partial charge in [0.05, 0.1) is 28.5 Å². The van der Waals surface area contributed by atoms with Crippen LogP contribution in [-0.4, -0.2) is 11.4 Å². The van der Waals surface area contributed by atoms with E-state index in [1.807, 2.05) is 0 Å². The first kappa shape index (κ1) is 17.0. The van der Waals surface area contributed by atoms with Gasteiger partial charge in [-0.15, -0.1) is 0 Å². The molecule has 0 aromatic heterocycles. The maximum Gasteiger partial charge on any atom is 0.0912 e. The number of anilines is 3. The molecule has 8 rings (SSSR count). The van der Waals surface area contributed by atoms with E-state index in [0.29, 0.717) is 0 Å². The fourth-order valence-electron chi connectivity index (χ4n) is 6.40. The smallest absolute Gasteiger partial charge is 0.0912 e. The molecule has 0 radical (unpaired) electrons. The van der Waals surface area contributed by atoms with E-state index in [-0.39, 0.29) is 0 Å². The molecule has 2 aliphatic heterocycles. The summed E-state index contributed by atoms with van der Waals surface area (Å²) in [7, 11) is 0. The lowest BCUT2D eigenvalue weighted by molar-refractivity contribution is 1.02. The lowest BCUT2D eigenvalue weighted by Gasteiger charge is -2.31. The normalized spacial score (nSPS) is 17.1. The third kappa shape index (κ3) is 1.90. The van der Waals surface area contributed by atoms with Gasteiger partial charge in [-0.3, -0.25) is 5.43 Å². The van der Waals surface area contributed by atoms with E-state index in [2.05, 4.69) is 71.8 Å². The molecule has 4 nitrogen and oxygen atoms in total. The number of nitrogens with one attached hydrogen (secondary N) is 1. The summed E-state index contributed by atoms with van der Waals surface area (Å²) in [6.45, 7) is 4.23. The van der Waals surface area contributed by atoms with E-state index < -0.39 is 0 Å². The fraction of sp³-hybridized carbons (Fsp3) is 0.214. The van der Waals surface area contributed by atoms with E-state index in [1.165, 1.54) is 60.6 Å². The standard InChI is InChI=1S/C28H22N4/c1-14-20-10-7-17-5-6-19-13-23(28(30-29-14)27(20)25(17)19)32-22-12-9-18-4-3-16-8-11-21(15(2)31-32)26(22)24(16)18/h7-13,30H,3-6H2,1-2H3. The molecular formula is C28H22N4. The minimum atomic E-state index is 1.05. The Labute approximate surface area is 186 Å². The summed E-state index contributed by atoms with van der Waals surface area (Å²) >= 11 is 0. The van der Waals surface area contributed by atoms with Gasteiger partial charge in [-0.1, -0.05) is 30.3 Å². The SMILES string of the molecule is CC1=NN(c2cc3c4c(ccc5c4c2NN=C5C)CC3)c2ccc3c4c(ccc1c24)CC3. The molecule has 4 aromatic rings. The van der Waals surface area contributed by atoms with Crippen molar-refractivity contribution < 1.29 is 0 Å². The van der Waals surface area contributed by atoms with Crippen LogP contribution in [0.25, 0.3) is 21.5 Å². The molecule has 154 valence electrons. The second-order valence-electron chi connectivity index (χ2n) is 9.52. The number of hydrogen-bond donors (Lipinski definition) is 1. The molecule has 4 aromatic carbocycles. The van der Waals surface area contributed by atoms with E-state index in [0.717, 1.165) is 48.5 Å². The van der Waals surface area contributed by atoms with Crippen molar-refractivity contribution >= 4 is 50.0 Å². The first-order valence-corrected chi connectivity index (χ1v) is 11.5. The van der Waals surface area contributed by atoms with Crippen molar-refractivity contribution in [3.05, 3.63) is 75.8 Å². The Morgan fingerprint density at radius 3 is 2.03 bits per heavy atom. The van der Waals surface area contributed by atoms with Crippen LogP contribution in [-0.2, 0) is 25.7 Å². The highest BCUT2D eigenvalue weighted by molar-refractivity contribution is 6.22. The molecule has 2 heterocycles. The quantitative estimate of drug-likeness (QED) is 0.402. The molecular weight excluding hydrogens is 392 g/mol. The zero-order valence-corrected chi connectivity index (χ0v) is 18.2. The second kappa shape index (κ2) is 5.57. The highest BCUT2D eigenvalue weighted by Gasteiger charge is 2.31. The molecule has 0 atom stereocenters. The van der Waals surface area contributed by atoms with Gasteiger partial charge in [-0.05, 0) is 84.7 Å². The topological polar surface area (TPSA) is 40.0 Å². The van der Waals surface area contributed by atoms with Gasteiger partial charge in [0.1, 0.15) is 0 Å². The van der Waals surface area contributed by atoms with Gasteiger partial charge in [0.15, 0.2) is 0 Å². The van der Waals surface area contributed by atoms with E-state index >= 15 is 0 Å². The zero-order valence-electron chi connectivity index (χ0n) is 18.2. The van der Waals surface area contributed by atoms with Gasteiger partial charge in [-0.25, -0.2) is 5.01 Å². The maximum atomic E-state index is 5.14. The predicted molar refractivity (Wildman–Crippen MR) is 133 cm³/mol. The van der Waals surface area contributed by atoms with Crippen LogP contribution in [0.2, 0.25) is 0 Å². The Bertz CT molecular complexity index is 1610.